The van der Waals surface area contributed by atoms with Gasteiger partial charge in [0.15, 0.2) is 0 Å². The highest BCUT2D eigenvalue weighted by molar-refractivity contribution is 7.89. The van der Waals surface area contributed by atoms with Crippen LogP contribution in [-0.2, 0) is 23.0 Å². The summed E-state index contributed by atoms with van der Waals surface area (Å²) in [4.78, 5) is 4.35. The largest absolute Gasteiger partial charge is 0.326 e. The maximum absolute atomic E-state index is 12.1. The fourth-order valence-electron chi connectivity index (χ4n) is 1.60. The van der Waals surface area contributed by atoms with Crippen LogP contribution in [0.25, 0.3) is 0 Å². The van der Waals surface area contributed by atoms with Gasteiger partial charge in [-0.1, -0.05) is 12.1 Å². The number of nitrogens with zero attached hydrogens (tertiary/aromatic N) is 1. The van der Waals surface area contributed by atoms with Crippen LogP contribution in [0.2, 0.25) is 0 Å². The predicted molar refractivity (Wildman–Crippen MR) is 75.3 cm³/mol. The molecule has 0 unspecified atom stereocenters. The Morgan fingerprint density at radius 1 is 1.37 bits per heavy atom. The van der Waals surface area contributed by atoms with Crippen LogP contribution in [0, 0.1) is 0 Å². The molecule has 1 aromatic carbocycles. The van der Waals surface area contributed by atoms with Gasteiger partial charge in [0, 0.05) is 24.9 Å². The van der Waals surface area contributed by atoms with E-state index in [-0.39, 0.29) is 4.90 Å². The minimum Gasteiger partial charge on any atom is -0.326 e. The monoisotopic (exact) mass is 297 g/mol. The summed E-state index contributed by atoms with van der Waals surface area (Å²) < 4.78 is 26.7. The second-order valence-electron chi connectivity index (χ2n) is 3.98. The Hall–Kier alpha value is -1.28. The lowest BCUT2D eigenvalue weighted by Crippen LogP contribution is -2.26. The second kappa shape index (κ2) is 6.25. The van der Waals surface area contributed by atoms with Gasteiger partial charge in [-0.3, -0.25) is 0 Å². The lowest BCUT2D eigenvalue weighted by atomic mass is 10.2. The van der Waals surface area contributed by atoms with E-state index in [0.717, 1.165) is 11.3 Å². The zero-order chi connectivity index (χ0) is 13.7. The molecule has 19 heavy (non-hydrogen) atoms. The summed E-state index contributed by atoms with van der Waals surface area (Å²) in [6, 6.07) is 6.64. The summed E-state index contributed by atoms with van der Waals surface area (Å²) in [5, 5.41) is 1.91. The third-order valence-electron chi connectivity index (χ3n) is 2.60. The van der Waals surface area contributed by atoms with Gasteiger partial charge >= 0.3 is 0 Å². The van der Waals surface area contributed by atoms with Crippen LogP contribution in [0.1, 0.15) is 11.3 Å². The number of nitrogens with two attached hydrogens (primary N) is 1. The van der Waals surface area contributed by atoms with Crippen LogP contribution in [0.15, 0.2) is 40.1 Å². The molecule has 0 aliphatic carbocycles. The molecule has 2 rings (SSSR count). The Kier molecular flexibility index (Phi) is 4.65. The molecule has 2 aromatic rings. The van der Waals surface area contributed by atoms with Crippen LogP contribution >= 0.6 is 11.3 Å². The molecular weight excluding hydrogens is 282 g/mol. The molecule has 1 heterocycles. The van der Waals surface area contributed by atoms with E-state index in [1.807, 2.05) is 5.38 Å². The molecule has 1 aromatic heterocycles. The maximum atomic E-state index is 12.1. The second-order valence-corrected chi connectivity index (χ2v) is 6.46. The van der Waals surface area contributed by atoms with Crippen molar-refractivity contribution in [3.8, 4) is 0 Å². The van der Waals surface area contributed by atoms with E-state index in [1.54, 1.807) is 29.8 Å². The molecule has 7 heteroatoms. The molecule has 0 bridgehead atoms. The fourth-order valence-corrected chi connectivity index (χ4v) is 3.29. The van der Waals surface area contributed by atoms with Crippen molar-refractivity contribution in [2.75, 3.05) is 6.54 Å². The molecule has 102 valence electrons. The molecule has 3 N–H and O–H groups in total. The van der Waals surface area contributed by atoms with E-state index in [2.05, 4.69) is 9.71 Å². The fraction of sp³-hybridized carbons (Fsp3) is 0.250. The number of hydrogen-bond donors (Lipinski definition) is 2. The Labute approximate surface area is 116 Å². The van der Waals surface area contributed by atoms with Crippen LogP contribution in [-0.4, -0.2) is 19.9 Å². The van der Waals surface area contributed by atoms with Gasteiger partial charge in [-0.15, -0.1) is 11.3 Å². The van der Waals surface area contributed by atoms with Crippen molar-refractivity contribution in [1.82, 2.24) is 9.71 Å². The quantitative estimate of drug-likeness (QED) is 0.837. The van der Waals surface area contributed by atoms with Gasteiger partial charge in [0.25, 0.3) is 0 Å². The van der Waals surface area contributed by atoms with Gasteiger partial charge in [0.2, 0.25) is 10.0 Å². The molecule has 0 aliphatic heterocycles. The highest BCUT2D eigenvalue weighted by Crippen LogP contribution is 2.11. The molecule has 0 radical (unpaired) electrons. The normalized spacial score (nSPS) is 11.6. The van der Waals surface area contributed by atoms with Crippen molar-refractivity contribution in [3.63, 3.8) is 0 Å². The Bertz CT molecular complexity index is 624. The third-order valence-corrected chi connectivity index (χ3v) is 4.70. The van der Waals surface area contributed by atoms with Gasteiger partial charge in [-0.25, -0.2) is 18.1 Å². The van der Waals surface area contributed by atoms with Gasteiger partial charge in [0.05, 0.1) is 16.1 Å². The first-order chi connectivity index (χ1) is 9.12. The van der Waals surface area contributed by atoms with Crippen LogP contribution in [0.3, 0.4) is 0 Å². The van der Waals surface area contributed by atoms with Gasteiger partial charge in [-0.2, -0.15) is 0 Å². The first-order valence-electron chi connectivity index (χ1n) is 5.77. The maximum Gasteiger partial charge on any atom is 0.240 e. The summed E-state index contributed by atoms with van der Waals surface area (Å²) in [6.45, 7) is 0.654. The lowest BCUT2D eigenvalue weighted by molar-refractivity contribution is 0.581. The molecule has 0 saturated carbocycles. The van der Waals surface area contributed by atoms with E-state index >= 15 is 0 Å². The molecule has 0 saturated heterocycles. The van der Waals surface area contributed by atoms with Crippen molar-refractivity contribution in [2.24, 2.45) is 5.73 Å². The predicted octanol–water partition coefficient (Wildman–Crippen LogP) is 1.12. The first-order valence-corrected chi connectivity index (χ1v) is 8.20. The number of rotatable bonds is 6. The summed E-state index contributed by atoms with van der Waals surface area (Å²) in [5.41, 5.74) is 8.92. The number of sulfonamides is 1. The first kappa shape index (κ1) is 14.1. The van der Waals surface area contributed by atoms with Crippen LogP contribution < -0.4 is 10.5 Å². The van der Waals surface area contributed by atoms with Crippen molar-refractivity contribution in [3.05, 3.63) is 46.4 Å². The topological polar surface area (TPSA) is 85.1 Å². The molecule has 0 aliphatic rings. The van der Waals surface area contributed by atoms with Crippen LogP contribution in [0.4, 0.5) is 0 Å². The highest BCUT2D eigenvalue weighted by atomic mass is 32.2. The smallest absolute Gasteiger partial charge is 0.240 e. The number of nitrogens with one attached hydrogen (secondary N) is 1. The van der Waals surface area contributed by atoms with Crippen molar-refractivity contribution >= 4 is 21.4 Å². The van der Waals surface area contributed by atoms with E-state index in [1.165, 1.54) is 11.3 Å². The lowest BCUT2D eigenvalue weighted by Gasteiger charge is -2.07. The van der Waals surface area contributed by atoms with E-state index < -0.39 is 10.0 Å². The van der Waals surface area contributed by atoms with E-state index in [4.69, 9.17) is 5.73 Å². The molecule has 0 fully saturated rings. The molecular formula is C12H15N3O2S2. The molecule has 0 atom stereocenters. The van der Waals surface area contributed by atoms with Crippen LogP contribution in [0.5, 0.6) is 0 Å². The third kappa shape index (κ3) is 3.84. The number of benzene rings is 1. The minimum absolute atomic E-state index is 0.244. The zero-order valence-electron chi connectivity index (χ0n) is 10.2. The average molecular weight is 297 g/mol. The summed E-state index contributed by atoms with van der Waals surface area (Å²) >= 11 is 1.50. The number of hydrogen-bond acceptors (Lipinski definition) is 5. The Morgan fingerprint density at radius 2 is 2.21 bits per heavy atom. The Morgan fingerprint density at radius 3 is 2.89 bits per heavy atom. The summed E-state index contributed by atoms with van der Waals surface area (Å²) in [7, 11) is -3.48. The minimum atomic E-state index is -3.48. The standard InChI is InChI=1S/C12H15N3O2S2/c13-7-10-2-1-3-12(6-10)19(16,17)15-5-4-11-8-18-9-14-11/h1-3,6,8-9,15H,4-5,7,13H2. The Balaban J connectivity index is 2.01. The van der Waals surface area contributed by atoms with Gasteiger partial charge in [-0.05, 0) is 17.7 Å². The highest BCUT2D eigenvalue weighted by Gasteiger charge is 2.13. The number of thiazole rings is 1. The van der Waals surface area contributed by atoms with Crippen molar-refractivity contribution in [1.29, 1.82) is 0 Å². The molecule has 0 amide bonds. The average Bonchev–Trinajstić information content (AvgIpc) is 2.92. The molecule has 5 nitrogen and oxygen atoms in total. The van der Waals surface area contributed by atoms with Gasteiger partial charge in [0.1, 0.15) is 0 Å². The van der Waals surface area contributed by atoms with Gasteiger partial charge < -0.3 is 5.73 Å². The SMILES string of the molecule is NCc1cccc(S(=O)(=O)NCCc2cscn2)c1. The number of aromatic nitrogens is 1. The van der Waals surface area contributed by atoms with Crippen molar-refractivity contribution in [2.45, 2.75) is 17.9 Å². The summed E-state index contributed by atoms with van der Waals surface area (Å²) in [6.07, 6.45) is 0.583. The zero-order valence-corrected chi connectivity index (χ0v) is 11.9. The van der Waals surface area contributed by atoms with E-state index in [9.17, 15) is 8.42 Å². The van der Waals surface area contributed by atoms with E-state index in [0.29, 0.717) is 19.5 Å². The van der Waals surface area contributed by atoms with Crippen molar-refractivity contribution < 1.29 is 8.42 Å². The summed E-state index contributed by atoms with van der Waals surface area (Å²) in [5.74, 6) is 0. The molecule has 0 spiro atoms.